The lowest BCUT2D eigenvalue weighted by atomic mass is 9.62. The fourth-order valence-electron chi connectivity index (χ4n) is 9.46. The molecule has 2 bridgehead atoms. The van der Waals surface area contributed by atoms with Crippen LogP contribution in [0.1, 0.15) is 80.3 Å². The van der Waals surface area contributed by atoms with E-state index in [4.69, 9.17) is 16.3 Å². The zero-order valence-electron chi connectivity index (χ0n) is 29.6. The highest BCUT2D eigenvalue weighted by Crippen LogP contribution is 2.49. The molecule has 2 fully saturated rings. The number of likely N-dealkylation sites (N-methyl/N-ethyl adjacent to an activating group) is 1. The van der Waals surface area contributed by atoms with E-state index in [1.54, 1.807) is 6.07 Å². The predicted molar refractivity (Wildman–Crippen MR) is 201 cm³/mol. The molecule has 7 rings (SSSR count). The number of aryl methyl sites for hydroxylation is 1. The number of anilines is 1. The first kappa shape index (κ1) is 35.1. The molecule has 8 nitrogen and oxygen atoms in total. The smallest absolute Gasteiger partial charge is 0.262 e. The van der Waals surface area contributed by atoms with Crippen LogP contribution in [-0.2, 0) is 21.5 Å². The number of nitrogens with zero attached hydrogens (tertiary/aromatic N) is 3. The number of aliphatic hydroxyl groups is 1. The number of carbonyl (C=O) groups is 1. The molecule has 5 aliphatic rings. The van der Waals surface area contributed by atoms with E-state index in [9.17, 15) is 14.1 Å². The second kappa shape index (κ2) is 13.7. The molecule has 2 aliphatic carbocycles. The van der Waals surface area contributed by atoms with Gasteiger partial charge < -0.3 is 19.6 Å². The summed E-state index contributed by atoms with van der Waals surface area (Å²) >= 11 is 6.48. The minimum Gasteiger partial charge on any atom is -0.490 e. The monoisotopic (exact) mass is 710 g/mol. The first-order valence-electron chi connectivity index (χ1n) is 18.5. The topological polar surface area (TPSA) is 85.3 Å². The van der Waals surface area contributed by atoms with E-state index >= 15 is 0 Å². The number of hydrogen-bond acceptors (Lipinski definition) is 7. The molecule has 268 valence electrons. The normalized spacial score (nSPS) is 36.1. The van der Waals surface area contributed by atoms with Gasteiger partial charge in [0.2, 0.25) is 0 Å². The van der Waals surface area contributed by atoms with E-state index in [0.29, 0.717) is 31.1 Å². The predicted octanol–water partition coefficient (Wildman–Crippen LogP) is 5.39. The van der Waals surface area contributed by atoms with Crippen molar-refractivity contribution in [2.75, 3.05) is 64.4 Å². The first-order chi connectivity index (χ1) is 23.4. The summed E-state index contributed by atoms with van der Waals surface area (Å²) in [4.78, 5) is 21.0. The zero-order chi connectivity index (χ0) is 34.6. The molecule has 1 saturated carbocycles. The number of fused-ring (bicyclic) bond motifs is 4. The number of β-amino-alcohol motifs (C(OH)–C–C–N with tert-alkyl or cyclic N) is 1. The highest BCUT2D eigenvalue weighted by Gasteiger charge is 2.49. The standard InChI is InChI=1S/C39H55ClN4O4S/c1-27-7-5-16-39(46,25-43-19-17-42(3)18-20-43)34-12-9-31(34)23-44-24-38(15-6-8-29-21-32(40)11-13-33(29)38)26-48-36-14-10-30(22-35(36)44)37(45)41-49(4,47)28(27)2/h10-11,13-14,21-22,27-28,31,34,46H,4-9,12,15-20,23-26H2,1-3H3,(H,41,45,47)/t27-,28+,31-,34+,38-,39+,49?/m0/s1. The third-order valence-electron chi connectivity index (χ3n) is 12.9. The lowest BCUT2D eigenvalue weighted by Crippen LogP contribution is -2.58. The fourth-order valence-corrected chi connectivity index (χ4v) is 11.2. The van der Waals surface area contributed by atoms with Crippen molar-refractivity contribution in [3.8, 4) is 5.75 Å². The van der Waals surface area contributed by atoms with Crippen LogP contribution >= 0.6 is 11.6 Å². The van der Waals surface area contributed by atoms with Gasteiger partial charge in [0.25, 0.3) is 5.91 Å². The van der Waals surface area contributed by atoms with Crippen LogP contribution in [0.15, 0.2) is 36.4 Å². The minimum absolute atomic E-state index is 0.0728. The van der Waals surface area contributed by atoms with Crippen molar-refractivity contribution >= 4 is 38.8 Å². The maximum absolute atomic E-state index is 13.9. The van der Waals surface area contributed by atoms with Gasteiger partial charge in [0.15, 0.2) is 0 Å². The lowest BCUT2D eigenvalue weighted by Gasteiger charge is -2.52. The van der Waals surface area contributed by atoms with Crippen LogP contribution in [0.2, 0.25) is 5.02 Å². The number of carbonyl (C=O) groups excluding carboxylic acids is 1. The van der Waals surface area contributed by atoms with E-state index in [1.165, 1.54) is 11.1 Å². The Kier molecular flexibility index (Phi) is 9.80. The molecule has 2 aromatic rings. The molecule has 3 aliphatic heterocycles. The third-order valence-corrected chi connectivity index (χ3v) is 15.3. The molecular weight excluding hydrogens is 656 g/mol. The first-order valence-corrected chi connectivity index (χ1v) is 20.6. The summed E-state index contributed by atoms with van der Waals surface area (Å²) in [5, 5.41) is 13.2. The van der Waals surface area contributed by atoms with Crippen LogP contribution in [0.5, 0.6) is 5.75 Å². The summed E-state index contributed by atoms with van der Waals surface area (Å²) in [7, 11) is -0.760. The van der Waals surface area contributed by atoms with Crippen molar-refractivity contribution in [1.29, 1.82) is 0 Å². The summed E-state index contributed by atoms with van der Waals surface area (Å²) in [5.41, 5.74) is 2.90. The molecule has 7 atom stereocenters. The molecule has 3 heterocycles. The molecule has 10 heteroatoms. The van der Waals surface area contributed by atoms with Gasteiger partial charge in [-0.2, -0.15) is 0 Å². The van der Waals surface area contributed by atoms with Gasteiger partial charge in [0, 0.05) is 67.1 Å². The molecule has 49 heavy (non-hydrogen) atoms. The lowest BCUT2D eigenvalue weighted by molar-refractivity contribution is -0.109. The van der Waals surface area contributed by atoms with Crippen molar-refractivity contribution in [1.82, 2.24) is 14.5 Å². The third kappa shape index (κ3) is 6.99. The van der Waals surface area contributed by atoms with Gasteiger partial charge in [0.1, 0.15) is 5.75 Å². The van der Waals surface area contributed by atoms with Crippen LogP contribution in [-0.4, -0.2) is 101 Å². The van der Waals surface area contributed by atoms with Crippen molar-refractivity contribution in [3.63, 3.8) is 0 Å². The Morgan fingerprint density at radius 2 is 1.86 bits per heavy atom. The number of piperazine rings is 1. The van der Waals surface area contributed by atoms with Crippen molar-refractivity contribution in [3.05, 3.63) is 58.1 Å². The second-order valence-corrected chi connectivity index (χ2v) is 19.0. The Labute approximate surface area is 298 Å². The van der Waals surface area contributed by atoms with E-state index < -0.39 is 15.3 Å². The molecule has 0 radical (unpaired) electrons. The number of amides is 1. The van der Waals surface area contributed by atoms with Crippen LogP contribution in [0, 0.1) is 17.8 Å². The Morgan fingerprint density at radius 3 is 2.61 bits per heavy atom. The molecule has 1 amide bonds. The molecule has 2 aromatic carbocycles. The summed E-state index contributed by atoms with van der Waals surface area (Å²) < 4.78 is 23.5. The number of ether oxygens (including phenoxy) is 1. The van der Waals surface area contributed by atoms with Gasteiger partial charge in [-0.3, -0.25) is 14.4 Å². The molecular formula is C39H55ClN4O4S. The quantitative estimate of drug-likeness (QED) is 0.405. The molecule has 0 aromatic heterocycles. The summed E-state index contributed by atoms with van der Waals surface area (Å²) in [6.07, 6.45) is 7.51. The van der Waals surface area contributed by atoms with E-state index in [1.807, 2.05) is 25.1 Å². The van der Waals surface area contributed by atoms with E-state index in [2.05, 4.69) is 51.4 Å². The molecule has 1 spiro atoms. The van der Waals surface area contributed by atoms with Crippen LogP contribution < -0.4 is 14.4 Å². The van der Waals surface area contributed by atoms with Crippen LogP contribution in [0.25, 0.3) is 0 Å². The zero-order valence-corrected chi connectivity index (χ0v) is 31.2. The number of hydrogen-bond donors (Lipinski definition) is 2. The SMILES string of the molecule is C=S1(=O)NC(=O)c2ccc3c(c2)N(C[C@@H]2CC[C@H]2[C@](O)(CN2CCN(C)CC2)CCC[C@H](C)[C@H]1C)C[C@@]1(CCCc2cc(Cl)ccc21)CO3. The average molecular weight is 711 g/mol. The van der Waals surface area contributed by atoms with E-state index in [-0.39, 0.29) is 28.4 Å². The Hall–Kier alpha value is -2.30. The van der Waals surface area contributed by atoms with Crippen molar-refractivity contribution in [2.24, 2.45) is 17.8 Å². The van der Waals surface area contributed by atoms with Gasteiger partial charge in [-0.1, -0.05) is 31.0 Å². The molecule has 1 unspecified atom stereocenters. The Balaban J connectivity index is 1.28. The Bertz CT molecular complexity index is 1660. The van der Waals surface area contributed by atoms with Crippen LogP contribution in [0.4, 0.5) is 5.69 Å². The number of nitrogens with one attached hydrogen (secondary N) is 1. The molecule has 1 saturated heterocycles. The highest BCUT2D eigenvalue weighted by atomic mass is 35.5. The maximum Gasteiger partial charge on any atom is 0.262 e. The van der Waals surface area contributed by atoms with E-state index in [0.717, 1.165) is 101 Å². The fraction of sp³-hybridized carbons (Fsp3) is 0.641. The Morgan fingerprint density at radius 1 is 1.06 bits per heavy atom. The summed E-state index contributed by atoms with van der Waals surface area (Å²) in [5.74, 6) is 5.01. The van der Waals surface area contributed by atoms with Crippen molar-refractivity contribution in [2.45, 2.75) is 81.5 Å². The maximum atomic E-state index is 13.9. The number of rotatable bonds is 2. The summed E-state index contributed by atoms with van der Waals surface area (Å²) in [6, 6.07) is 11.9. The number of halogens is 1. The van der Waals surface area contributed by atoms with Gasteiger partial charge in [-0.25, -0.2) is 4.21 Å². The van der Waals surface area contributed by atoms with Crippen LogP contribution in [0.3, 0.4) is 0 Å². The molecule has 2 N–H and O–H groups in total. The highest BCUT2D eigenvalue weighted by molar-refractivity contribution is 7.99. The van der Waals surface area contributed by atoms with Gasteiger partial charge in [-0.05, 0) is 124 Å². The van der Waals surface area contributed by atoms with Gasteiger partial charge in [-0.15, -0.1) is 0 Å². The largest absolute Gasteiger partial charge is 0.490 e. The summed E-state index contributed by atoms with van der Waals surface area (Å²) in [6.45, 7) is 10.8. The second-order valence-electron chi connectivity index (χ2n) is 16.1. The van der Waals surface area contributed by atoms with Gasteiger partial charge >= 0.3 is 0 Å². The minimum atomic E-state index is -2.93. The van der Waals surface area contributed by atoms with Crippen molar-refractivity contribution < 1.29 is 18.8 Å². The number of benzene rings is 2. The average Bonchev–Trinajstić information content (AvgIpc) is 3.19. The van der Waals surface area contributed by atoms with Gasteiger partial charge in [0.05, 0.1) is 27.6 Å².